The molecule has 0 saturated heterocycles. The molecule has 1 aliphatic heterocycles. The van der Waals surface area contributed by atoms with Crippen LogP contribution in [0.3, 0.4) is 0 Å². The number of hydrogen-bond donors (Lipinski definition) is 2. The lowest BCUT2D eigenvalue weighted by molar-refractivity contribution is -0.133. The van der Waals surface area contributed by atoms with Gasteiger partial charge in [-0.25, -0.2) is 0 Å². The van der Waals surface area contributed by atoms with Crippen LogP contribution in [0.4, 0.5) is 0 Å². The molecule has 2 aromatic heterocycles. The average Bonchev–Trinajstić information content (AvgIpc) is 3.36. The summed E-state index contributed by atoms with van der Waals surface area (Å²) in [6, 6.07) is 16.3. The minimum Gasteiger partial charge on any atom is -0.494 e. The van der Waals surface area contributed by atoms with Gasteiger partial charge in [-0.2, -0.15) is 5.10 Å². The van der Waals surface area contributed by atoms with Gasteiger partial charge in [-0.05, 0) is 56.9 Å². The number of amides is 1. The maximum atomic E-state index is 13.6. The highest BCUT2D eigenvalue weighted by atomic mass is 16.5. The van der Waals surface area contributed by atoms with Gasteiger partial charge in [0.05, 0.1) is 12.3 Å². The molecule has 1 aliphatic rings. The number of nitrogens with zero attached hydrogens (tertiary/aromatic N) is 2. The number of aromatic amines is 2. The molecule has 6 heteroatoms. The van der Waals surface area contributed by atoms with Crippen LogP contribution in [0.15, 0.2) is 48.5 Å². The second-order valence-corrected chi connectivity index (χ2v) is 8.69. The van der Waals surface area contributed by atoms with Gasteiger partial charge in [0.2, 0.25) is 5.91 Å². The molecule has 5 rings (SSSR count). The molecule has 0 radical (unpaired) electrons. The summed E-state index contributed by atoms with van der Waals surface area (Å²) in [6.07, 6.45) is 1.97. The van der Waals surface area contributed by atoms with Crippen molar-refractivity contribution in [2.45, 2.75) is 46.1 Å². The molecule has 0 unspecified atom stereocenters. The molecule has 1 atom stereocenters. The Balaban J connectivity index is 1.55. The topological polar surface area (TPSA) is 74.0 Å². The summed E-state index contributed by atoms with van der Waals surface area (Å²) in [6.45, 7) is 7.25. The van der Waals surface area contributed by atoms with Crippen molar-refractivity contribution in [2.75, 3.05) is 13.2 Å². The number of aryl methyl sites for hydroxylation is 2. The molecule has 0 fully saturated rings. The minimum absolute atomic E-state index is 0.149. The van der Waals surface area contributed by atoms with E-state index in [0.29, 0.717) is 26.0 Å². The second-order valence-electron chi connectivity index (χ2n) is 8.69. The van der Waals surface area contributed by atoms with Crippen LogP contribution in [0.2, 0.25) is 0 Å². The Hall–Kier alpha value is -3.54. The van der Waals surface area contributed by atoms with Crippen LogP contribution < -0.4 is 4.74 Å². The molecule has 0 saturated carbocycles. The molecule has 2 aromatic carbocycles. The van der Waals surface area contributed by atoms with Crippen molar-refractivity contribution in [3.05, 3.63) is 82.3 Å². The van der Waals surface area contributed by atoms with Gasteiger partial charge in [-0.3, -0.25) is 9.89 Å². The van der Waals surface area contributed by atoms with Crippen molar-refractivity contribution >= 4 is 16.8 Å². The van der Waals surface area contributed by atoms with Crippen molar-refractivity contribution < 1.29 is 9.53 Å². The SMILES string of the molecule is CCOc1ccccc1[C@H]1c2[nH]c3ccccc3c2CCN1C(=O)CCc1c(C)n[nH]c1C. The molecule has 6 nitrogen and oxygen atoms in total. The lowest BCUT2D eigenvalue weighted by Crippen LogP contribution is -2.41. The van der Waals surface area contributed by atoms with E-state index in [9.17, 15) is 4.79 Å². The van der Waals surface area contributed by atoms with E-state index in [1.807, 2.05) is 49.9 Å². The van der Waals surface area contributed by atoms with Gasteiger partial charge in [-0.15, -0.1) is 0 Å². The van der Waals surface area contributed by atoms with E-state index < -0.39 is 0 Å². The van der Waals surface area contributed by atoms with Crippen LogP contribution in [-0.2, 0) is 17.6 Å². The number of benzene rings is 2. The van der Waals surface area contributed by atoms with Crippen LogP contribution in [0.5, 0.6) is 5.75 Å². The number of ether oxygens (including phenoxy) is 1. The minimum atomic E-state index is -0.206. The predicted octanol–water partition coefficient (Wildman–Crippen LogP) is 5.01. The van der Waals surface area contributed by atoms with Crippen LogP contribution in [-0.4, -0.2) is 39.1 Å². The average molecular weight is 443 g/mol. The first-order chi connectivity index (χ1) is 16.1. The smallest absolute Gasteiger partial charge is 0.223 e. The molecule has 170 valence electrons. The van der Waals surface area contributed by atoms with Crippen LogP contribution in [0.25, 0.3) is 10.9 Å². The number of carbonyl (C=O) groups is 1. The Bertz CT molecular complexity index is 1280. The number of para-hydroxylation sites is 2. The van der Waals surface area contributed by atoms with Gasteiger partial charge in [0.25, 0.3) is 0 Å². The highest BCUT2D eigenvalue weighted by Crippen LogP contribution is 2.41. The summed E-state index contributed by atoms with van der Waals surface area (Å²) in [4.78, 5) is 19.3. The molecule has 0 bridgehead atoms. The largest absolute Gasteiger partial charge is 0.494 e. The van der Waals surface area contributed by atoms with Gasteiger partial charge in [0.15, 0.2) is 0 Å². The summed E-state index contributed by atoms with van der Waals surface area (Å²) < 4.78 is 5.99. The molecular formula is C27H30N4O2. The zero-order chi connectivity index (χ0) is 22.9. The first-order valence-electron chi connectivity index (χ1n) is 11.7. The van der Waals surface area contributed by atoms with Crippen molar-refractivity contribution in [2.24, 2.45) is 0 Å². The molecular weight excluding hydrogens is 412 g/mol. The van der Waals surface area contributed by atoms with Crippen molar-refractivity contribution in [3.8, 4) is 5.75 Å². The third-order valence-corrected chi connectivity index (χ3v) is 6.74. The van der Waals surface area contributed by atoms with E-state index in [0.717, 1.165) is 45.9 Å². The fourth-order valence-electron chi connectivity index (χ4n) is 5.14. The molecule has 2 N–H and O–H groups in total. The first kappa shape index (κ1) is 21.3. The highest BCUT2D eigenvalue weighted by Gasteiger charge is 2.35. The number of aromatic nitrogens is 3. The number of hydrogen-bond acceptors (Lipinski definition) is 3. The van der Waals surface area contributed by atoms with Crippen LogP contribution in [0.1, 0.15) is 53.2 Å². The Morgan fingerprint density at radius 1 is 1.15 bits per heavy atom. The molecule has 1 amide bonds. The van der Waals surface area contributed by atoms with Crippen molar-refractivity contribution in [3.63, 3.8) is 0 Å². The summed E-state index contributed by atoms with van der Waals surface area (Å²) in [5, 5.41) is 8.55. The van der Waals surface area contributed by atoms with E-state index in [-0.39, 0.29) is 11.9 Å². The zero-order valence-electron chi connectivity index (χ0n) is 19.4. The summed E-state index contributed by atoms with van der Waals surface area (Å²) >= 11 is 0. The summed E-state index contributed by atoms with van der Waals surface area (Å²) in [7, 11) is 0. The Morgan fingerprint density at radius 2 is 1.94 bits per heavy atom. The molecule has 0 aliphatic carbocycles. The fourth-order valence-corrected chi connectivity index (χ4v) is 5.14. The second kappa shape index (κ2) is 8.77. The number of rotatable bonds is 6. The van der Waals surface area contributed by atoms with E-state index in [2.05, 4.69) is 39.4 Å². The Labute approximate surface area is 194 Å². The normalized spacial score (nSPS) is 15.6. The van der Waals surface area contributed by atoms with Crippen LogP contribution >= 0.6 is 0 Å². The third-order valence-electron chi connectivity index (χ3n) is 6.74. The number of nitrogens with one attached hydrogen (secondary N) is 2. The van der Waals surface area contributed by atoms with Gasteiger partial charge in [-0.1, -0.05) is 36.4 Å². The zero-order valence-corrected chi connectivity index (χ0v) is 19.4. The third kappa shape index (κ3) is 3.80. The van der Waals surface area contributed by atoms with Gasteiger partial charge < -0.3 is 14.6 Å². The van der Waals surface area contributed by atoms with E-state index in [4.69, 9.17) is 4.74 Å². The quantitative estimate of drug-likeness (QED) is 0.441. The Morgan fingerprint density at radius 3 is 2.73 bits per heavy atom. The standard InChI is InChI=1S/C27H30N4O2/c1-4-33-24-12-8-6-10-22(24)27-26-21(20-9-5-7-11-23(20)28-26)15-16-31(27)25(32)14-13-19-17(2)29-30-18(19)3/h5-12,27-28H,4,13-16H2,1-3H3,(H,29,30)/t27-/m0/s1. The van der Waals surface area contributed by atoms with Gasteiger partial charge >= 0.3 is 0 Å². The lowest BCUT2D eigenvalue weighted by Gasteiger charge is -2.37. The molecule has 4 aromatic rings. The molecule has 0 spiro atoms. The highest BCUT2D eigenvalue weighted by molar-refractivity contribution is 5.86. The molecule has 3 heterocycles. The van der Waals surface area contributed by atoms with E-state index in [1.54, 1.807) is 0 Å². The number of fused-ring (bicyclic) bond motifs is 3. The van der Waals surface area contributed by atoms with Gasteiger partial charge in [0.1, 0.15) is 11.8 Å². The Kier molecular flexibility index (Phi) is 5.67. The van der Waals surface area contributed by atoms with Gasteiger partial charge in [0, 0.05) is 40.8 Å². The van der Waals surface area contributed by atoms with Crippen LogP contribution in [0, 0.1) is 13.8 Å². The van der Waals surface area contributed by atoms with Crippen molar-refractivity contribution in [1.29, 1.82) is 0 Å². The number of H-pyrrole nitrogens is 2. The van der Waals surface area contributed by atoms with E-state index >= 15 is 0 Å². The number of carbonyl (C=O) groups excluding carboxylic acids is 1. The fraction of sp³-hybridized carbons (Fsp3) is 0.333. The maximum Gasteiger partial charge on any atom is 0.223 e. The predicted molar refractivity (Wildman–Crippen MR) is 130 cm³/mol. The van der Waals surface area contributed by atoms with E-state index in [1.165, 1.54) is 10.9 Å². The summed E-state index contributed by atoms with van der Waals surface area (Å²) in [5.74, 6) is 0.978. The monoisotopic (exact) mass is 442 g/mol. The maximum absolute atomic E-state index is 13.6. The van der Waals surface area contributed by atoms with Crippen molar-refractivity contribution in [1.82, 2.24) is 20.1 Å². The molecule has 33 heavy (non-hydrogen) atoms. The first-order valence-corrected chi connectivity index (χ1v) is 11.7. The summed E-state index contributed by atoms with van der Waals surface area (Å²) in [5.41, 5.74) is 7.67. The lowest BCUT2D eigenvalue weighted by atomic mass is 9.91.